The molecule has 1 heterocycles. The Morgan fingerprint density at radius 3 is 2.37 bits per heavy atom. The summed E-state index contributed by atoms with van der Waals surface area (Å²) in [5, 5.41) is 4.43. The van der Waals surface area contributed by atoms with E-state index in [1.54, 1.807) is 12.1 Å². The van der Waals surface area contributed by atoms with E-state index >= 15 is 0 Å². The third-order valence-corrected chi connectivity index (χ3v) is 4.82. The smallest absolute Gasteiger partial charge is 0.135 e. The van der Waals surface area contributed by atoms with Gasteiger partial charge in [0.2, 0.25) is 0 Å². The van der Waals surface area contributed by atoms with Crippen molar-refractivity contribution in [2.24, 2.45) is 0 Å². The summed E-state index contributed by atoms with van der Waals surface area (Å²) in [6.45, 7) is 5.15. The molecule has 1 N–H and O–H groups in total. The van der Waals surface area contributed by atoms with Crippen LogP contribution in [0, 0.1) is 19.7 Å². The lowest BCUT2D eigenvalue weighted by molar-refractivity contribution is 0.509. The van der Waals surface area contributed by atoms with Gasteiger partial charge in [-0.3, -0.25) is 0 Å². The Balaban J connectivity index is 1.68. The highest BCUT2D eigenvalue weighted by atomic mass is 19.1. The van der Waals surface area contributed by atoms with Crippen LogP contribution in [-0.4, -0.2) is 0 Å². The standard InChI is InChI=1S/C24H22FNO/c1-16-7-10-18(11-8-16)24-20-13-17(2)9-12-22(20)27-23(24)15-26-14-19-5-3-4-6-21(19)25/h3-13,26H,14-15H2,1-2H3. The van der Waals surface area contributed by atoms with Crippen molar-refractivity contribution in [3.05, 3.63) is 95.0 Å². The first kappa shape index (κ1) is 17.5. The number of fused-ring (bicyclic) bond motifs is 1. The zero-order chi connectivity index (χ0) is 18.8. The van der Waals surface area contributed by atoms with E-state index in [1.807, 2.05) is 12.1 Å². The Morgan fingerprint density at radius 2 is 1.59 bits per heavy atom. The fourth-order valence-corrected chi connectivity index (χ4v) is 3.38. The summed E-state index contributed by atoms with van der Waals surface area (Å²) in [5.74, 6) is 0.680. The molecule has 0 bridgehead atoms. The predicted octanol–water partition coefficient (Wildman–Crippen LogP) is 6.15. The molecule has 0 fully saturated rings. The molecule has 136 valence electrons. The summed E-state index contributed by atoms with van der Waals surface area (Å²) in [5.41, 5.74) is 6.19. The van der Waals surface area contributed by atoms with Gasteiger partial charge in [-0.25, -0.2) is 4.39 Å². The largest absolute Gasteiger partial charge is 0.459 e. The minimum absolute atomic E-state index is 0.191. The van der Waals surface area contributed by atoms with Crippen molar-refractivity contribution >= 4 is 11.0 Å². The van der Waals surface area contributed by atoms with E-state index in [9.17, 15) is 4.39 Å². The summed E-state index contributed by atoms with van der Waals surface area (Å²) in [7, 11) is 0. The molecule has 2 nitrogen and oxygen atoms in total. The van der Waals surface area contributed by atoms with Gasteiger partial charge >= 0.3 is 0 Å². The SMILES string of the molecule is Cc1ccc(-c2c(CNCc3ccccc3F)oc3ccc(C)cc23)cc1. The molecule has 0 aliphatic rings. The van der Waals surface area contributed by atoms with Crippen LogP contribution in [0.2, 0.25) is 0 Å². The van der Waals surface area contributed by atoms with E-state index in [1.165, 1.54) is 17.2 Å². The maximum Gasteiger partial charge on any atom is 0.135 e. The van der Waals surface area contributed by atoms with Crippen LogP contribution in [0.3, 0.4) is 0 Å². The van der Waals surface area contributed by atoms with Crippen LogP contribution in [-0.2, 0) is 13.1 Å². The minimum Gasteiger partial charge on any atom is -0.459 e. The van der Waals surface area contributed by atoms with Crippen LogP contribution in [0.4, 0.5) is 4.39 Å². The molecule has 3 heteroatoms. The fourth-order valence-electron chi connectivity index (χ4n) is 3.38. The Morgan fingerprint density at radius 1 is 0.852 bits per heavy atom. The summed E-state index contributed by atoms with van der Waals surface area (Å²) in [6, 6.07) is 21.5. The Labute approximate surface area is 158 Å². The van der Waals surface area contributed by atoms with Gasteiger partial charge in [-0.1, -0.05) is 59.7 Å². The molecule has 0 saturated carbocycles. The first-order valence-electron chi connectivity index (χ1n) is 9.15. The van der Waals surface area contributed by atoms with Crippen LogP contribution < -0.4 is 5.32 Å². The molecule has 27 heavy (non-hydrogen) atoms. The summed E-state index contributed by atoms with van der Waals surface area (Å²) < 4.78 is 20.0. The van der Waals surface area contributed by atoms with Crippen LogP contribution in [0.5, 0.6) is 0 Å². The van der Waals surface area contributed by atoms with Gasteiger partial charge in [0, 0.05) is 23.1 Å². The molecule has 0 atom stereocenters. The van der Waals surface area contributed by atoms with E-state index in [2.05, 4.69) is 55.6 Å². The van der Waals surface area contributed by atoms with Gasteiger partial charge in [0.05, 0.1) is 6.54 Å². The van der Waals surface area contributed by atoms with Crippen molar-refractivity contribution in [3.8, 4) is 11.1 Å². The number of hydrogen-bond acceptors (Lipinski definition) is 2. The van der Waals surface area contributed by atoms with E-state index < -0.39 is 0 Å². The van der Waals surface area contributed by atoms with Crippen LogP contribution >= 0.6 is 0 Å². The first-order valence-corrected chi connectivity index (χ1v) is 9.15. The molecule has 0 saturated heterocycles. The molecule has 0 unspecified atom stereocenters. The lowest BCUT2D eigenvalue weighted by Crippen LogP contribution is -2.13. The van der Waals surface area contributed by atoms with Crippen LogP contribution in [0.1, 0.15) is 22.5 Å². The van der Waals surface area contributed by atoms with Crippen molar-refractivity contribution in [1.29, 1.82) is 0 Å². The molecule has 0 amide bonds. The lowest BCUT2D eigenvalue weighted by atomic mass is 9.99. The minimum atomic E-state index is -0.191. The molecule has 0 spiro atoms. The van der Waals surface area contributed by atoms with Crippen molar-refractivity contribution in [2.75, 3.05) is 0 Å². The van der Waals surface area contributed by atoms with Crippen molar-refractivity contribution in [1.82, 2.24) is 5.32 Å². The number of aryl methyl sites for hydroxylation is 2. The number of halogens is 1. The van der Waals surface area contributed by atoms with E-state index in [0.717, 1.165) is 27.9 Å². The molecular formula is C24H22FNO. The molecular weight excluding hydrogens is 337 g/mol. The zero-order valence-electron chi connectivity index (χ0n) is 15.6. The molecule has 1 aromatic heterocycles. The van der Waals surface area contributed by atoms with Gasteiger partial charge in [0.15, 0.2) is 0 Å². The summed E-state index contributed by atoms with van der Waals surface area (Å²) in [4.78, 5) is 0. The van der Waals surface area contributed by atoms with Gasteiger partial charge in [0.1, 0.15) is 17.2 Å². The quantitative estimate of drug-likeness (QED) is 0.462. The van der Waals surface area contributed by atoms with Gasteiger partial charge in [-0.05, 0) is 37.6 Å². The zero-order valence-corrected chi connectivity index (χ0v) is 15.6. The number of nitrogens with one attached hydrogen (secondary N) is 1. The van der Waals surface area contributed by atoms with Gasteiger partial charge in [-0.2, -0.15) is 0 Å². The van der Waals surface area contributed by atoms with Gasteiger partial charge < -0.3 is 9.73 Å². The average molecular weight is 359 g/mol. The molecule has 0 aliphatic carbocycles. The summed E-state index contributed by atoms with van der Waals surface area (Å²) >= 11 is 0. The monoisotopic (exact) mass is 359 g/mol. The van der Waals surface area contributed by atoms with E-state index in [4.69, 9.17) is 4.42 Å². The fraction of sp³-hybridized carbons (Fsp3) is 0.167. The van der Waals surface area contributed by atoms with Crippen LogP contribution in [0.25, 0.3) is 22.1 Å². The van der Waals surface area contributed by atoms with Crippen molar-refractivity contribution in [2.45, 2.75) is 26.9 Å². The number of benzene rings is 3. The highest BCUT2D eigenvalue weighted by Gasteiger charge is 2.16. The maximum atomic E-state index is 13.8. The predicted molar refractivity (Wildman–Crippen MR) is 108 cm³/mol. The normalized spacial score (nSPS) is 11.2. The number of rotatable bonds is 5. The Hall–Kier alpha value is -2.91. The van der Waals surface area contributed by atoms with Gasteiger partial charge in [0.25, 0.3) is 0 Å². The maximum absolute atomic E-state index is 13.8. The third kappa shape index (κ3) is 3.64. The second-order valence-corrected chi connectivity index (χ2v) is 6.96. The number of furan rings is 1. The summed E-state index contributed by atoms with van der Waals surface area (Å²) in [6.07, 6.45) is 0. The highest BCUT2D eigenvalue weighted by molar-refractivity contribution is 5.96. The van der Waals surface area contributed by atoms with Crippen LogP contribution in [0.15, 0.2) is 71.1 Å². The Kier molecular flexibility index (Phi) is 4.78. The van der Waals surface area contributed by atoms with Crippen molar-refractivity contribution < 1.29 is 8.81 Å². The molecule has 4 rings (SSSR count). The Bertz CT molecular complexity index is 1080. The number of hydrogen-bond donors (Lipinski definition) is 1. The second-order valence-electron chi connectivity index (χ2n) is 6.96. The second kappa shape index (κ2) is 7.37. The van der Waals surface area contributed by atoms with Gasteiger partial charge in [-0.15, -0.1) is 0 Å². The van der Waals surface area contributed by atoms with E-state index in [0.29, 0.717) is 18.7 Å². The molecule has 4 aromatic rings. The third-order valence-electron chi connectivity index (χ3n) is 4.82. The van der Waals surface area contributed by atoms with Crippen molar-refractivity contribution in [3.63, 3.8) is 0 Å². The molecule has 0 aliphatic heterocycles. The first-order chi connectivity index (χ1) is 13.1. The topological polar surface area (TPSA) is 25.2 Å². The molecule has 3 aromatic carbocycles. The molecule has 0 radical (unpaired) electrons. The highest BCUT2D eigenvalue weighted by Crippen LogP contribution is 2.35. The average Bonchev–Trinajstić information content (AvgIpc) is 3.01. The lowest BCUT2D eigenvalue weighted by Gasteiger charge is -2.07. The van der Waals surface area contributed by atoms with E-state index in [-0.39, 0.29) is 5.82 Å².